The molecule has 1 aliphatic rings. The van der Waals surface area contributed by atoms with Gasteiger partial charge >= 0.3 is 0 Å². The number of imidazole rings is 1. The zero-order valence-corrected chi connectivity index (χ0v) is 19.1. The van der Waals surface area contributed by atoms with Crippen molar-refractivity contribution < 1.29 is 17.6 Å². The predicted octanol–water partition coefficient (Wildman–Crippen LogP) is 3.75. The smallest absolute Gasteiger partial charge is 0.243 e. The van der Waals surface area contributed by atoms with E-state index in [1.165, 1.54) is 28.2 Å². The predicted molar refractivity (Wildman–Crippen MR) is 120 cm³/mol. The summed E-state index contributed by atoms with van der Waals surface area (Å²) in [6.45, 7) is 0.446. The molecule has 3 aromatic rings. The van der Waals surface area contributed by atoms with Gasteiger partial charge in [-0.15, -0.1) is 0 Å². The number of carbonyl (C=O) groups is 1. The second-order valence-corrected chi connectivity index (χ2v) is 10.5. The van der Waals surface area contributed by atoms with Gasteiger partial charge in [0.15, 0.2) is 5.16 Å². The zero-order chi connectivity index (χ0) is 22.7. The highest BCUT2D eigenvalue weighted by atomic mass is 32.2. The Hall–Kier alpha value is -2.69. The van der Waals surface area contributed by atoms with Gasteiger partial charge in [0.25, 0.3) is 0 Å². The maximum absolute atomic E-state index is 13.9. The Balaban J connectivity index is 1.50. The second kappa shape index (κ2) is 9.43. The van der Waals surface area contributed by atoms with Crippen LogP contribution >= 0.6 is 11.8 Å². The van der Waals surface area contributed by atoms with E-state index >= 15 is 0 Å². The topological polar surface area (TPSA) is 84.3 Å². The molecule has 0 aliphatic carbocycles. The number of sulfonamides is 1. The Labute approximate surface area is 190 Å². The largest absolute Gasteiger partial charge is 0.329 e. The van der Waals surface area contributed by atoms with E-state index < -0.39 is 21.8 Å². The molecule has 2 heterocycles. The first-order chi connectivity index (χ1) is 15.3. The lowest BCUT2D eigenvalue weighted by molar-refractivity contribution is -0.120. The van der Waals surface area contributed by atoms with Crippen molar-refractivity contribution in [2.24, 2.45) is 13.0 Å². The lowest BCUT2D eigenvalue weighted by Crippen LogP contribution is -2.43. The fourth-order valence-corrected chi connectivity index (χ4v) is 6.00. The lowest BCUT2D eigenvalue weighted by atomic mass is 9.98. The van der Waals surface area contributed by atoms with Crippen LogP contribution < -0.4 is 5.32 Å². The van der Waals surface area contributed by atoms with Crippen molar-refractivity contribution in [3.63, 3.8) is 0 Å². The molecule has 32 heavy (non-hydrogen) atoms. The van der Waals surface area contributed by atoms with Crippen molar-refractivity contribution in [1.29, 1.82) is 0 Å². The monoisotopic (exact) mass is 474 g/mol. The quantitative estimate of drug-likeness (QED) is 0.588. The summed E-state index contributed by atoms with van der Waals surface area (Å²) in [6.07, 6.45) is 4.59. The van der Waals surface area contributed by atoms with Gasteiger partial charge in [-0.2, -0.15) is 4.31 Å². The van der Waals surface area contributed by atoms with E-state index in [4.69, 9.17) is 0 Å². The number of nitrogens with zero attached hydrogens (tertiary/aromatic N) is 3. The molecular formula is C22H23FN4O3S2. The highest BCUT2D eigenvalue weighted by molar-refractivity contribution is 7.99. The van der Waals surface area contributed by atoms with E-state index in [9.17, 15) is 17.6 Å². The van der Waals surface area contributed by atoms with Crippen molar-refractivity contribution in [2.75, 3.05) is 18.4 Å². The van der Waals surface area contributed by atoms with E-state index in [0.717, 1.165) is 0 Å². The standard InChI is InChI=1S/C22H23FN4O3S2/c1-26-13-11-24-22(26)31-20-10-9-17(23)14-19(20)25-21(28)16-6-5-12-27(15-16)32(29,30)18-7-3-2-4-8-18/h2-4,7-11,13-14,16H,5-6,12,15H2,1H3,(H,25,28). The number of anilines is 1. The van der Waals surface area contributed by atoms with Gasteiger partial charge in [-0.05, 0) is 54.9 Å². The third kappa shape index (κ3) is 4.87. The Morgan fingerprint density at radius 3 is 2.72 bits per heavy atom. The minimum absolute atomic E-state index is 0.0836. The summed E-state index contributed by atoms with van der Waals surface area (Å²) in [6, 6.07) is 12.4. The van der Waals surface area contributed by atoms with Crippen molar-refractivity contribution in [2.45, 2.75) is 27.8 Å². The SMILES string of the molecule is Cn1ccnc1Sc1ccc(F)cc1NC(=O)C1CCCN(S(=O)(=O)c2ccccc2)C1. The van der Waals surface area contributed by atoms with Crippen LogP contribution in [0.4, 0.5) is 10.1 Å². The van der Waals surface area contributed by atoms with Crippen molar-refractivity contribution >= 4 is 33.4 Å². The summed E-state index contributed by atoms with van der Waals surface area (Å²) >= 11 is 1.31. The lowest BCUT2D eigenvalue weighted by Gasteiger charge is -2.31. The summed E-state index contributed by atoms with van der Waals surface area (Å²) in [5.41, 5.74) is 0.339. The van der Waals surface area contributed by atoms with E-state index in [1.807, 2.05) is 11.6 Å². The van der Waals surface area contributed by atoms with Gasteiger partial charge in [-0.3, -0.25) is 4.79 Å². The molecule has 1 aromatic heterocycles. The molecule has 7 nitrogen and oxygen atoms in total. The average Bonchev–Trinajstić information content (AvgIpc) is 3.20. The van der Waals surface area contributed by atoms with Crippen molar-refractivity contribution in [1.82, 2.24) is 13.9 Å². The first kappa shape index (κ1) is 22.5. The molecule has 0 bridgehead atoms. The molecule has 1 aliphatic heterocycles. The average molecular weight is 475 g/mol. The van der Waals surface area contributed by atoms with Crippen molar-refractivity contribution in [3.05, 3.63) is 66.7 Å². The Morgan fingerprint density at radius 1 is 1.22 bits per heavy atom. The highest BCUT2D eigenvalue weighted by Gasteiger charge is 2.33. The van der Waals surface area contributed by atoms with Crippen LogP contribution in [0.15, 0.2) is 75.9 Å². The number of aryl methyl sites for hydroxylation is 1. The fraction of sp³-hybridized carbons (Fsp3) is 0.273. The number of amides is 1. The molecule has 1 saturated heterocycles. The minimum atomic E-state index is -3.68. The van der Waals surface area contributed by atoms with Crippen LogP contribution in [0.3, 0.4) is 0 Å². The molecule has 168 valence electrons. The van der Waals surface area contributed by atoms with Crippen LogP contribution in [0.2, 0.25) is 0 Å². The molecule has 0 radical (unpaired) electrons. The Kier molecular flexibility index (Phi) is 6.63. The molecule has 1 amide bonds. The zero-order valence-electron chi connectivity index (χ0n) is 17.4. The van der Waals surface area contributed by atoms with E-state index in [2.05, 4.69) is 10.3 Å². The highest BCUT2D eigenvalue weighted by Crippen LogP contribution is 2.34. The van der Waals surface area contributed by atoms with Gasteiger partial charge in [-0.25, -0.2) is 17.8 Å². The number of hydrogen-bond acceptors (Lipinski definition) is 5. The van der Waals surface area contributed by atoms with Gasteiger partial charge in [0, 0.05) is 37.4 Å². The molecule has 1 fully saturated rings. The first-order valence-corrected chi connectivity index (χ1v) is 12.4. The maximum Gasteiger partial charge on any atom is 0.243 e. The maximum atomic E-state index is 13.9. The van der Waals surface area contributed by atoms with Crippen LogP contribution in [-0.2, 0) is 21.9 Å². The van der Waals surface area contributed by atoms with Gasteiger partial charge in [0.2, 0.25) is 15.9 Å². The molecule has 1 unspecified atom stereocenters. The summed E-state index contributed by atoms with van der Waals surface area (Å²) < 4.78 is 43.0. The number of rotatable bonds is 6. The van der Waals surface area contributed by atoms with Gasteiger partial charge in [0.1, 0.15) is 5.82 Å². The third-order valence-electron chi connectivity index (χ3n) is 5.31. The van der Waals surface area contributed by atoms with Crippen LogP contribution in [0.1, 0.15) is 12.8 Å². The number of carbonyl (C=O) groups excluding carboxylic acids is 1. The van der Waals surface area contributed by atoms with E-state index in [1.54, 1.807) is 48.8 Å². The first-order valence-electron chi connectivity index (χ1n) is 10.2. The Morgan fingerprint density at radius 2 is 2.00 bits per heavy atom. The summed E-state index contributed by atoms with van der Waals surface area (Å²) in [4.78, 5) is 18.1. The summed E-state index contributed by atoms with van der Waals surface area (Å²) in [7, 11) is -1.83. The van der Waals surface area contributed by atoms with Crippen LogP contribution in [0, 0.1) is 11.7 Å². The molecule has 0 spiro atoms. The normalized spacial score (nSPS) is 17.2. The number of piperidine rings is 1. The minimum Gasteiger partial charge on any atom is -0.329 e. The molecule has 2 aromatic carbocycles. The van der Waals surface area contributed by atoms with Crippen LogP contribution in [-0.4, -0.2) is 41.3 Å². The molecule has 0 saturated carbocycles. The molecular weight excluding hydrogens is 451 g/mol. The van der Waals surface area contributed by atoms with E-state index in [-0.39, 0.29) is 17.3 Å². The number of halogens is 1. The van der Waals surface area contributed by atoms with Crippen LogP contribution in [0.25, 0.3) is 0 Å². The summed E-state index contributed by atoms with van der Waals surface area (Å²) in [5, 5.41) is 3.51. The van der Waals surface area contributed by atoms with Crippen LogP contribution in [0.5, 0.6) is 0 Å². The molecule has 10 heteroatoms. The molecule has 1 N–H and O–H groups in total. The number of benzene rings is 2. The van der Waals surface area contributed by atoms with Gasteiger partial charge in [-0.1, -0.05) is 18.2 Å². The van der Waals surface area contributed by atoms with Gasteiger partial charge < -0.3 is 9.88 Å². The summed E-state index contributed by atoms with van der Waals surface area (Å²) in [5.74, 6) is -1.33. The Bertz CT molecular complexity index is 1210. The van der Waals surface area contributed by atoms with E-state index in [0.29, 0.717) is 35.1 Å². The number of nitrogens with one attached hydrogen (secondary N) is 1. The number of aromatic nitrogens is 2. The fourth-order valence-electron chi connectivity index (χ4n) is 3.59. The molecule has 1 atom stereocenters. The van der Waals surface area contributed by atoms with Gasteiger partial charge in [0.05, 0.1) is 16.5 Å². The second-order valence-electron chi connectivity index (χ2n) is 7.57. The van der Waals surface area contributed by atoms with Crippen molar-refractivity contribution in [3.8, 4) is 0 Å². The number of hydrogen-bond donors (Lipinski definition) is 1. The third-order valence-corrected chi connectivity index (χ3v) is 8.34. The molecule has 4 rings (SSSR count).